The van der Waals surface area contributed by atoms with Crippen molar-refractivity contribution in [3.05, 3.63) is 40.4 Å². The predicted molar refractivity (Wildman–Crippen MR) is 82.3 cm³/mol. The molecule has 1 fully saturated rings. The zero-order valence-corrected chi connectivity index (χ0v) is 13.6. The first kappa shape index (κ1) is 15.1. The Balaban J connectivity index is 1.76. The first-order valence-corrected chi connectivity index (χ1v) is 7.66. The van der Waals surface area contributed by atoms with Crippen molar-refractivity contribution in [2.75, 3.05) is 26.7 Å². The average molecular weight is 367 g/mol. The van der Waals surface area contributed by atoms with Crippen molar-refractivity contribution in [1.82, 2.24) is 9.96 Å². The quantitative estimate of drug-likeness (QED) is 0.757. The molecule has 0 spiro atoms. The van der Waals surface area contributed by atoms with Gasteiger partial charge in [0.1, 0.15) is 12.6 Å². The number of hydroxylamine groups is 2. The summed E-state index contributed by atoms with van der Waals surface area (Å²) in [6.45, 7) is 0.955. The molecule has 2 aliphatic heterocycles. The van der Waals surface area contributed by atoms with Crippen LogP contribution in [0.15, 0.2) is 34.8 Å². The third kappa shape index (κ3) is 2.86. The molecule has 0 bridgehead atoms. The highest BCUT2D eigenvalue weighted by Gasteiger charge is 2.40. The van der Waals surface area contributed by atoms with Gasteiger partial charge in [0.25, 0.3) is 0 Å². The van der Waals surface area contributed by atoms with Gasteiger partial charge in [-0.05, 0) is 18.2 Å². The van der Waals surface area contributed by atoms with Gasteiger partial charge in [-0.15, -0.1) is 5.06 Å². The summed E-state index contributed by atoms with van der Waals surface area (Å²) in [5, 5.41) is 1.65. The Morgan fingerprint density at radius 1 is 1.36 bits per heavy atom. The van der Waals surface area contributed by atoms with E-state index in [1.54, 1.807) is 11.1 Å². The largest absolute Gasteiger partial charge is 0.468 e. The lowest BCUT2D eigenvalue weighted by Crippen LogP contribution is -2.55. The number of fused-ring (bicyclic) bond motifs is 1. The van der Waals surface area contributed by atoms with Gasteiger partial charge in [-0.25, -0.2) is 0 Å². The van der Waals surface area contributed by atoms with Gasteiger partial charge in [0.05, 0.1) is 13.7 Å². The summed E-state index contributed by atoms with van der Waals surface area (Å²) in [6, 6.07) is 7.19. The van der Waals surface area contributed by atoms with Gasteiger partial charge in [-0.2, -0.15) is 0 Å². The Kier molecular flexibility index (Phi) is 4.17. The Bertz CT molecular complexity index is 629. The molecule has 0 saturated carbocycles. The van der Waals surface area contributed by atoms with Gasteiger partial charge in [0.2, 0.25) is 5.91 Å². The van der Waals surface area contributed by atoms with Crippen LogP contribution in [-0.2, 0) is 19.2 Å². The number of amides is 1. The summed E-state index contributed by atoms with van der Waals surface area (Å²) in [6.07, 6.45) is 1.79. The summed E-state index contributed by atoms with van der Waals surface area (Å²) in [7, 11) is 1.31. The van der Waals surface area contributed by atoms with Gasteiger partial charge in [0.15, 0.2) is 5.76 Å². The Labute approximate surface area is 136 Å². The summed E-state index contributed by atoms with van der Waals surface area (Å²) in [5.74, 6) is 0.0901. The lowest BCUT2D eigenvalue weighted by atomic mass is 10.1. The molecule has 0 N–H and O–H groups in total. The number of halogens is 1. The summed E-state index contributed by atoms with van der Waals surface area (Å²) in [5.41, 5.74) is 0.907. The third-order valence-corrected chi connectivity index (χ3v) is 4.20. The molecule has 2 aliphatic rings. The van der Waals surface area contributed by atoms with Crippen molar-refractivity contribution in [3.63, 3.8) is 0 Å². The molecule has 1 saturated heterocycles. The minimum Gasteiger partial charge on any atom is -0.468 e. The molecule has 116 valence electrons. The number of esters is 1. The van der Waals surface area contributed by atoms with Crippen LogP contribution in [-0.4, -0.2) is 54.6 Å². The lowest BCUT2D eigenvalue weighted by molar-refractivity contribution is -0.167. The molecule has 1 amide bonds. The molecule has 22 heavy (non-hydrogen) atoms. The van der Waals surface area contributed by atoms with E-state index in [0.29, 0.717) is 18.8 Å². The van der Waals surface area contributed by atoms with Crippen LogP contribution < -0.4 is 0 Å². The molecule has 0 aliphatic carbocycles. The second kappa shape index (κ2) is 6.10. The number of hydrogen-bond donors (Lipinski definition) is 0. The summed E-state index contributed by atoms with van der Waals surface area (Å²) < 4.78 is 5.60. The van der Waals surface area contributed by atoms with Crippen LogP contribution >= 0.6 is 15.9 Å². The minimum absolute atomic E-state index is 0.0267. The van der Waals surface area contributed by atoms with E-state index < -0.39 is 12.0 Å². The summed E-state index contributed by atoms with van der Waals surface area (Å²) in [4.78, 5) is 31.0. The molecule has 0 aromatic heterocycles. The first-order valence-electron chi connectivity index (χ1n) is 6.86. The standard InChI is InChI=1S/C15H15BrN2O4/c1-21-14(19)9-17-6-7-18-12(15(17)20)8-13(22-18)10-2-4-11(16)5-3-10/h2-5,8,12H,6-7,9H2,1H3. The van der Waals surface area contributed by atoms with E-state index in [2.05, 4.69) is 20.7 Å². The highest BCUT2D eigenvalue weighted by molar-refractivity contribution is 9.10. The second-order valence-electron chi connectivity index (χ2n) is 5.05. The zero-order valence-electron chi connectivity index (χ0n) is 12.0. The minimum atomic E-state index is -0.489. The van der Waals surface area contributed by atoms with E-state index in [9.17, 15) is 9.59 Å². The van der Waals surface area contributed by atoms with Crippen molar-refractivity contribution in [1.29, 1.82) is 0 Å². The van der Waals surface area contributed by atoms with Crippen LogP contribution in [0.5, 0.6) is 0 Å². The lowest BCUT2D eigenvalue weighted by Gasteiger charge is -2.34. The molecule has 0 radical (unpaired) electrons. The number of carbonyl (C=O) groups excluding carboxylic acids is 2. The molecular weight excluding hydrogens is 352 g/mol. The average Bonchev–Trinajstić information content (AvgIpc) is 2.95. The van der Waals surface area contributed by atoms with Crippen LogP contribution in [0.4, 0.5) is 0 Å². The predicted octanol–water partition coefficient (Wildman–Crippen LogP) is 1.42. The van der Waals surface area contributed by atoms with Gasteiger partial charge in [-0.1, -0.05) is 28.1 Å². The van der Waals surface area contributed by atoms with E-state index in [-0.39, 0.29) is 12.5 Å². The molecule has 1 aromatic rings. The Morgan fingerprint density at radius 2 is 2.09 bits per heavy atom. The molecular formula is C15H15BrN2O4. The van der Waals surface area contributed by atoms with Crippen molar-refractivity contribution >= 4 is 33.6 Å². The van der Waals surface area contributed by atoms with Crippen molar-refractivity contribution in [3.8, 4) is 0 Å². The highest BCUT2D eigenvalue weighted by Crippen LogP contribution is 2.30. The number of hydrogen-bond acceptors (Lipinski definition) is 5. The number of methoxy groups -OCH3 is 1. The number of ether oxygens (including phenoxy) is 1. The highest BCUT2D eigenvalue weighted by atomic mass is 79.9. The normalized spacial score (nSPS) is 21.2. The van der Waals surface area contributed by atoms with E-state index in [1.807, 2.05) is 24.3 Å². The van der Waals surface area contributed by atoms with E-state index in [1.165, 1.54) is 12.0 Å². The van der Waals surface area contributed by atoms with Crippen LogP contribution in [0.2, 0.25) is 0 Å². The van der Waals surface area contributed by atoms with Crippen molar-refractivity contribution in [2.45, 2.75) is 6.04 Å². The van der Waals surface area contributed by atoms with Gasteiger partial charge in [0, 0.05) is 16.6 Å². The van der Waals surface area contributed by atoms with E-state index in [4.69, 9.17) is 4.84 Å². The van der Waals surface area contributed by atoms with Crippen molar-refractivity contribution in [2.24, 2.45) is 0 Å². The fraction of sp³-hybridized carbons (Fsp3) is 0.333. The molecule has 1 aromatic carbocycles. The molecule has 3 rings (SSSR count). The number of carbonyl (C=O) groups is 2. The molecule has 6 nitrogen and oxygen atoms in total. The van der Waals surface area contributed by atoms with Gasteiger partial charge < -0.3 is 14.5 Å². The van der Waals surface area contributed by atoms with Gasteiger partial charge in [-0.3, -0.25) is 9.59 Å². The maximum atomic E-state index is 12.4. The van der Waals surface area contributed by atoms with Crippen LogP contribution in [0, 0.1) is 0 Å². The van der Waals surface area contributed by atoms with E-state index >= 15 is 0 Å². The van der Waals surface area contributed by atoms with Crippen molar-refractivity contribution < 1.29 is 19.2 Å². The van der Waals surface area contributed by atoms with Gasteiger partial charge >= 0.3 is 5.97 Å². The smallest absolute Gasteiger partial charge is 0.325 e. The molecule has 1 unspecified atom stereocenters. The maximum Gasteiger partial charge on any atom is 0.325 e. The number of nitrogens with zero attached hydrogens (tertiary/aromatic N) is 2. The molecule has 7 heteroatoms. The third-order valence-electron chi connectivity index (χ3n) is 3.67. The number of piperazine rings is 1. The Morgan fingerprint density at radius 3 is 2.77 bits per heavy atom. The fourth-order valence-corrected chi connectivity index (χ4v) is 2.74. The SMILES string of the molecule is COC(=O)CN1CCN2OC(c3ccc(Br)cc3)=CC2C1=O. The van der Waals surface area contributed by atoms with Crippen LogP contribution in [0.3, 0.4) is 0 Å². The maximum absolute atomic E-state index is 12.4. The topological polar surface area (TPSA) is 59.1 Å². The molecule has 1 atom stereocenters. The van der Waals surface area contributed by atoms with Crippen LogP contribution in [0.25, 0.3) is 5.76 Å². The fourth-order valence-electron chi connectivity index (χ4n) is 2.48. The first-order chi connectivity index (χ1) is 10.6. The van der Waals surface area contributed by atoms with Crippen LogP contribution in [0.1, 0.15) is 5.56 Å². The number of benzene rings is 1. The van der Waals surface area contributed by atoms with E-state index in [0.717, 1.165) is 10.0 Å². The monoisotopic (exact) mass is 366 g/mol. The second-order valence-corrected chi connectivity index (χ2v) is 5.97. The molecule has 2 heterocycles. The zero-order chi connectivity index (χ0) is 15.7. The number of rotatable bonds is 3. The summed E-state index contributed by atoms with van der Waals surface area (Å²) >= 11 is 3.39. The Hall–Kier alpha value is -1.86.